The van der Waals surface area contributed by atoms with Crippen LogP contribution in [0.4, 0.5) is 0 Å². The Balaban J connectivity index is 2.93. The fourth-order valence-corrected chi connectivity index (χ4v) is 1.13. The Morgan fingerprint density at radius 3 is 2.83 bits per heavy atom. The van der Waals surface area contributed by atoms with Crippen LogP contribution >= 0.6 is 0 Å². The number of benzene rings is 1. The van der Waals surface area contributed by atoms with Gasteiger partial charge < -0.3 is 5.73 Å². The summed E-state index contributed by atoms with van der Waals surface area (Å²) in [6, 6.07) is 8.37. The Hall–Kier alpha value is -1.08. The molecular formula is C11H15N. The van der Waals surface area contributed by atoms with Crippen LogP contribution in [0.1, 0.15) is 18.1 Å². The number of rotatable bonds is 3. The van der Waals surface area contributed by atoms with Gasteiger partial charge in [0.05, 0.1) is 0 Å². The van der Waals surface area contributed by atoms with Gasteiger partial charge in [-0.25, -0.2) is 0 Å². The second-order valence-electron chi connectivity index (χ2n) is 2.86. The van der Waals surface area contributed by atoms with E-state index in [9.17, 15) is 0 Å². The molecule has 0 aliphatic heterocycles. The van der Waals surface area contributed by atoms with Gasteiger partial charge in [0.2, 0.25) is 0 Å². The molecule has 1 aromatic rings. The van der Waals surface area contributed by atoms with Gasteiger partial charge in [-0.1, -0.05) is 37.8 Å². The van der Waals surface area contributed by atoms with E-state index < -0.39 is 0 Å². The largest absolute Gasteiger partial charge is 0.326 e. The van der Waals surface area contributed by atoms with Gasteiger partial charge >= 0.3 is 0 Å². The predicted molar refractivity (Wildman–Crippen MR) is 53.9 cm³/mol. The molecule has 0 saturated heterocycles. The van der Waals surface area contributed by atoms with Crippen molar-refractivity contribution in [1.82, 2.24) is 0 Å². The van der Waals surface area contributed by atoms with Gasteiger partial charge in [0.15, 0.2) is 0 Å². The minimum absolute atomic E-state index is 0.535. The number of aryl methyl sites for hydroxylation is 1. The Kier molecular flexibility index (Phi) is 3.06. The van der Waals surface area contributed by atoms with E-state index in [-0.39, 0.29) is 0 Å². The lowest BCUT2D eigenvalue weighted by atomic mass is 10.0. The summed E-state index contributed by atoms with van der Waals surface area (Å²) in [5.74, 6) is 0. The molecular weight excluding hydrogens is 146 g/mol. The van der Waals surface area contributed by atoms with Gasteiger partial charge in [-0.3, -0.25) is 0 Å². The molecule has 0 amide bonds. The average molecular weight is 161 g/mol. The molecule has 1 heteroatoms. The molecule has 1 rings (SSSR count). The minimum atomic E-state index is 0.535. The fraction of sp³-hybridized carbons (Fsp3) is 0.273. The predicted octanol–water partition coefficient (Wildman–Crippen LogP) is 2.22. The minimum Gasteiger partial charge on any atom is -0.326 e. The van der Waals surface area contributed by atoms with Crippen LogP contribution in [0.25, 0.3) is 5.57 Å². The SMILES string of the molecule is C=C(CN)c1cccc(CC)c1. The second-order valence-corrected chi connectivity index (χ2v) is 2.86. The lowest BCUT2D eigenvalue weighted by Gasteiger charge is -2.04. The maximum absolute atomic E-state index is 5.50. The molecule has 64 valence electrons. The Bertz CT molecular complexity index is 276. The molecule has 0 aromatic heterocycles. The third-order valence-corrected chi connectivity index (χ3v) is 1.99. The first kappa shape index (κ1) is 9.01. The average Bonchev–Trinajstić information content (AvgIpc) is 2.17. The van der Waals surface area contributed by atoms with E-state index in [4.69, 9.17) is 5.73 Å². The Morgan fingerprint density at radius 2 is 2.25 bits per heavy atom. The molecule has 0 radical (unpaired) electrons. The highest BCUT2D eigenvalue weighted by atomic mass is 14.5. The smallest absolute Gasteiger partial charge is 0.0178 e. The maximum Gasteiger partial charge on any atom is 0.0178 e. The molecule has 1 aromatic carbocycles. The lowest BCUT2D eigenvalue weighted by Crippen LogP contribution is -2.01. The van der Waals surface area contributed by atoms with Crippen LogP contribution in [0.3, 0.4) is 0 Å². The molecule has 0 atom stereocenters. The molecule has 0 unspecified atom stereocenters. The normalized spacial score (nSPS) is 9.83. The molecule has 0 fully saturated rings. The molecule has 0 aliphatic carbocycles. The van der Waals surface area contributed by atoms with E-state index in [1.54, 1.807) is 0 Å². The summed E-state index contributed by atoms with van der Waals surface area (Å²) >= 11 is 0. The van der Waals surface area contributed by atoms with Gasteiger partial charge in [0, 0.05) is 6.54 Å². The standard InChI is InChI=1S/C11H15N/c1-3-10-5-4-6-11(7-10)9(2)8-12/h4-7H,2-3,8,12H2,1H3. The summed E-state index contributed by atoms with van der Waals surface area (Å²) in [4.78, 5) is 0. The van der Waals surface area contributed by atoms with Gasteiger partial charge in [0.25, 0.3) is 0 Å². The molecule has 12 heavy (non-hydrogen) atoms. The number of nitrogens with two attached hydrogens (primary N) is 1. The second kappa shape index (κ2) is 4.07. The Morgan fingerprint density at radius 1 is 1.50 bits per heavy atom. The van der Waals surface area contributed by atoms with E-state index in [0.717, 1.165) is 17.6 Å². The molecule has 0 spiro atoms. The quantitative estimate of drug-likeness (QED) is 0.722. The first-order chi connectivity index (χ1) is 5.77. The lowest BCUT2D eigenvalue weighted by molar-refractivity contribution is 1.13. The number of hydrogen-bond donors (Lipinski definition) is 1. The highest BCUT2D eigenvalue weighted by Crippen LogP contribution is 2.13. The van der Waals surface area contributed by atoms with Crippen LogP contribution in [-0.4, -0.2) is 6.54 Å². The fourth-order valence-electron chi connectivity index (χ4n) is 1.13. The summed E-state index contributed by atoms with van der Waals surface area (Å²) in [5, 5.41) is 0. The van der Waals surface area contributed by atoms with E-state index >= 15 is 0 Å². The van der Waals surface area contributed by atoms with Crippen LogP contribution in [0, 0.1) is 0 Å². The van der Waals surface area contributed by atoms with Crippen molar-refractivity contribution >= 4 is 5.57 Å². The zero-order valence-electron chi connectivity index (χ0n) is 7.51. The first-order valence-electron chi connectivity index (χ1n) is 4.25. The monoisotopic (exact) mass is 161 g/mol. The summed E-state index contributed by atoms with van der Waals surface area (Å²) in [6.45, 7) is 6.57. The maximum atomic E-state index is 5.50. The van der Waals surface area contributed by atoms with Crippen LogP contribution in [0.5, 0.6) is 0 Å². The molecule has 2 N–H and O–H groups in total. The first-order valence-corrected chi connectivity index (χ1v) is 4.25. The highest BCUT2D eigenvalue weighted by molar-refractivity contribution is 5.64. The van der Waals surface area contributed by atoms with E-state index in [1.807, 2.05) is 6.07 Å². The van der Waals surface area contributed by atoms with E-state index in [1.165, 1.54) is 5.56 Å². The van der Waals surface area contributed by atoms with Gasteiger partial charge in [0.1, 0.15) is 0 Å². The number of hydrogen-bond acceptors (Lipinski definition) is 1. The summed E-state index contributed by atoms with van der Waals surface area (Å²) < 4.78 is 0. The van der Waals surface area contributed by atoms with Crippen LogP contribution in [0.2, 0.25) is 0 Å². The zero-order valence-corrected chi connectivity index (χ0v) is 7.51. The molecule has 1 nitrogen and oxygen atoms in total. The van der Waals surface area contributed by atoms with Gasteiger partial charge in [-0.2, -0.15) is 0 Å². The molecule has 0 bridgehead atoms. The van der Waals surface area contributed by atoms with Gasteiger partial charge in [-0.05, 0) is 23.1 Å². The van der Waals surface area contributed by atoms with Crippen LogP contribution in [0.15, 0.2) is 30.8 Å². The van der Waals surface area contributed by atoms with Crippen LogP contribution < -0.4 is 5.73 Å². The van der Waals surface area contributed by atoms with Gasteiger partial charge in [-0.15, -0.1) is 0 Å². The van der Waals surface area contributed by atoms with Crippen molar-refractivity contribution in [3.8, 4) is 0 Å². The third-order valence-electron chi connectivity index (χ3n) is 1.99. The van der Waals surface area contributed by atoms with Crippen molar-refractivity contribution in [1.29, 1.82) is 0 Å². The topological polar surface area (TPSA) is 26.0 Å². The summed E-state index contributed by atoms with van der Waals surface area (Å²) in [5.41, 5.74) is 9.00. The molecule has 0 aliphatic rings. The van der Waals surface area contributed by atoms with Crippen molar-refractivity contribution in [3.63, 3.8) is 0 Å². The van der Waals surface area contributed by atoms with E-state index in [2.05, 4.69) is 31.7 Å². The summed E-state index contributed by atoms with van der Waals surface area (Å²) in [6.07, 6.45) is 1.06. The van der Waals surface area contributed by atoms with Crippen molar-refractivity contribution in [2.75, 3.05) is 6.54 Å². The van der Waals surface area contributed by atoms with Crippen LogP contribution in [-0.2, 0) is 6.42 Å². The Labute approximate surface area is 73.9 Å². The van der Waals surface area contributed by atoms with Crippen molar-refractivity contribution in [2.24, 2.45) is 5.73 Å². The van der Waals surface area contributed by atoms with Crippen molar-refractivity contribution in [2.45, 2.75) is 13.3 Å². The van der Waals surface area contributed by atoms with Crippen molar-refractivity contribution in [3.05, 3.63) is 42.0 Å². The van der Waals surface area contributed by atoms with Crippen molar-refractivity contribution < 1.29 is 0 Å². The van der Waals surface area contributed by atoms with E-state index in [0.29, 0.717) is 6.54 Å². The summed E-state index contributed by atoms with van der Waals surface area (Å²) in [7, 11) is 0. The molecule has 0 saturated carbocycles. The highest BCUT2D eigenvalue weighted by Gasteiger charge is 1.96. The third kappa shape index (κ3) is 1.95. The zero-order chi connectivity index (χ0) is 8.97. The molecule has 0 heterocycles.